The largest absolute Gasteiger partial charge is 0.508 e. The number of aliphatic hydroxyl groups is 1. The van der Waals surface area contributed by atoms with Crippen LogP contribution in [0.4, 0.5) is 0 Å². The van der Waals surface area contributed by atoms with Gasteiger partial charge in [0, 0.05) is 67.8 Å². The van der Waals surface area contributed by atoms with Crippen molar-refractivity contribution in [3.05, 3.63) is 84.1 Å². The maximum atomic E-state index is 14.5. The van der Waals surface area contributed by atoms with E-state index in [9.17, 15) is 63.0 Å². The van der Waals surface area contributed by atoms with Crippen LogP contribution in [-0.4, -0.2) is 182 Å². The standard InChI is InChI=1S/C55H75N17O13/c1-29(2)19-41(54(85)72-18-6-10-43(72)53(84)62-25-44(56)75)70-48(79)36(9-5-17-60-55(57)58)66-46(77)26-63-47(78)38(20-30-11-13-33(74)14-12-30)67-52(83)42(27-73)71-50(81)39(21-31-23-61-35-8-4-3-7-34(31)35)68-51(82)40(22-32-24-59-28-64-32)69-49(80)37-15-16-45(76)65-37/h3-4,7-8,11-14,23-24,28-29,36-43,61,73-74H,5-6,9-10,15-22,25-27H2,1-2H3,(H2,56,75)(H,59,64)(H,62,84)(H,63,78)(H,65,76)(H,66,77)(H,67,83)(H,68,82)(H,69,80)(H,70,79)(H,71,81)(H4,57,58,60)/t36-,37-,38-,39-,40-,41-,42-,43-/m0/s1. The summed E-state index contributed by atoms with van der Waals surface area (Å²) in [7, 11) is 0. The first-order valence-electron chi connectivity index (χ1n) is 27.8. The van der Waals surface area contributed by atoms with Crippen LogP contribution in [0.2, 0.25) is 0 Å². The molecule has 2 aromatic heterocycles. The van der Waals surface area contributed by atoms with E-state index in [2.05, 4.69) is 67.8 Å². The molecule has 19 N–H and O–H groups in total. The molecule has 4 aromatic rings. The fraction of sp³-hybridized carbons (Fsp3) is 0.473. The molecule has 2 saturated heterocycles. The minimum Gasteiger partial charge on any atom is -0.508 e. The molecule has 0 bridgehead atoms. The van der Waals surface area contributed by atoms with E-state index in [1.165, 1.54) is 41.7 Å². The van der Waals surface area contributed by atoms with Gasteiger partial charge in [0.25, 0.3) is 0 Å². The zero-order chi connectivity index (χ0) is 61.7. The second-order valence-corrected chi connectivity index (χ2v) is 21.2. The average molecular weight is 1180 g/mol. The lowest BCUT2D eigenvalue weighted by Gasteiger charge is -2.30. The van der Waals surface area contributed by atoms with Crippen molar-refractivity contribution in [2.75, 3.05) is 32.8 Å². The van der Waals surface area contributed by atoms with Crippen molar-refractivity contribution < 1.29 is 63.0 Å². The summed E-state index contributed by atoms with van der Waals surface area (Å²) in [6.45, 7) is 1.65. The van der Waals surface area contributed by atoms with E-state index in [1.807, 2.05) is 13.8 Å². The van der Waals surface area contributed by atoms with Crippen LogP contribution in [0.1, 0.15) is 75.6 Å². The van der Waals surface area contributed by atoms with Crippen molar-refractivity contribution in [2.45, 2.75) is 126 Å². The van der Waals surface area contributed by atoms with Gasteiger partial charge in [-0.2, -0.15) is 0 Å². The number of aromatic amines is 2. The molecule has 6 rings (SSSR count). The number of imidazole rings is 1. The van der Waals surface area contributed by atoms with Crippen LogP contribution in [0.25, 0.3) is 10.9 Å². The van der Waals surface area contributed by atoms with E-state index in [4.69, 9.17) is 17.2 Å². The topological polar surface area (TPSA) is 475 Å². The fourth-order valence-corrected chi connectivity index (χ4v) is 9.80. The average Bonchev–Trinajstić information content (AvgIpc) is 3.81. The number of aromatic hydroxyl groups is 1. The molecular weight excluding hydrogens is 1110 g/mol. The summed E-state index contributed by atoms with van der Waals surface area (Å²) in [5.74, 6) is -8.85. The summed E-state index contributed by atoms with van der Waals surface area (Å²) in [5, 5.41) is 44.4. The molecule has 30 nitrogen and oxygen atoms in total. The number of guanidine groups is 1. The first kappa shape index (κ1) is 64.6. The highest BCUT2D eigenvalue weighted by atomic mass is 16.3. The number of aromatic nitrogens is 3. The van der Waals surface area contributed by atoms with E-state index >= 15 is 0 Å². The molecule has 0 spiro atoms. The number of aliphatic hydroxyl groups excluding tert-OH is 1. The van der Waals surface area contributed by atoms with Crippen LogP contribution in [0.3, 0.4) is 0 Å². The number of primary amides is 1. The van der Waals surface area contributed by atoms with Gasteiger partial charge in [-0.15, -0.1) is 0 Å². The highest BCUT2D eigenvalue weighted by molar-refractivity contribution is 5.99. The van der Waals surface area contributed by atoms with Gasteiger partial charge in [0.2, 0.25) is 65.0 Å². The molecule has 2 aromatic carbocycles. The third-order valence-corrected chi connectivity index (χ3v) is 14.1. The van der Waals surface area contributed by atoms with Crippen molar-refractivity contribution in [2.24, 2.45) is 28.1 Å². The number of rotatable bonds is 31. The first-order chi connectivity index (χ1) is 40.6. The van der Waals surface area contributed by atoms with E-state index in [-0.39, 0.29) is 88.0 Å². The Morgan fingerprint density at radius 1 is 0.729 bits per heavy atom. The van der Waals surface area contributed by atoms with E-state index in [0.29, 0.717) is 40.6 Å². The molecule has 85 heavy (non-hydrogen) atoms. The number of para-hydroxylation sites is 1. The number of carbonyl (C=O) groups excluding carboxylic acids is 11. The second-order valence-electron chi connectivity index (χ2n) is 21.2. The molecule has 0 aliphatic carbocycles. The Morgan fingerprint density at radius 3 is 2.04 bits per heavy atom. The Morgan fingerprint density at radius 2 is 1.39 bits per heavy atom. The maximum Gasteiger partial charge on any atom is 0.245 e. The van der Waals surface area contributed by atoms with Crippen molar-refractivity contribution >= 4 is 81.8 Å². The molecule has 0 unspecified atom stereocenters. The number of phenols is 1. The molecule has 0 saturated carbocycles. The fourth-order valence-electron chi connectivity index (χ4n) is 9.80. The summed E-state index contributed by atoms with van der Waals surface area (Å²) in [5.41, 5.74) is 18.4. The van der Waals surface area contributed by atoms with E-state index in [0.717, 1.165) is 0 Å². The number of carbonyl (C=O) groups is 11. The molecule has 11 amide bonds. The minimum atomic E-state index is -1.76. The van der Waals surface area contributed by atoms with Gasteiger partial charge in [0.15, 0.2) is 5.96 Å². The normalized spacial score (nSPS) is 16.8. The van der Waals surface area contributed by atoms with Crippen molar-refractivity contribution in [3.8, 4) is 5.75 Å². The number of aliphatic imine (C=N–C) groups is 1. The number of nitrogens with zero attached hydrogens (tertiary/aromatic N) is 3. The first-order valence-corrected chi connectivity index (χ1v) is 27.8. The second kappa shape index (κ2) is 31.2. The van der Waals surface area contributed by atoms with Gasteiger partial charge >= 0.3 is 0 Å². The molecule has 2 fully saturated rings. The molecule has 8 atom stereocenters. The number of H-pyrrole nitrogens is 2. The summed E-state index contributed by atoms with van der Waals surface area (Å²) in [4.78, 5) is 164. The highest BCUT2D eigenvalue weighted by Crippen LogP contribution is 2.22. The van der Waals surface area contributed by atoms with Crippen LogP contribution in [0.5, 0.6) is 5.75 Å². The number of hydrogen-bond donors (Lipinski definition) is 16. The van der Waals surface area contributed by atoms with Crippen LogP contribution < -0.4 is 65.1 Å². The molecule has 4 heterocycles. The van der Waals surface area contributed by atoms with Gasteiger partial charge in [-0.25, -0.2) is 4.98 Å². The third kappa shape index (κ3) is 19.5. The Labute approximate surface area is 488 Å². The number of benzene rings is 2. The molecule has 2 aliphatic rings. The predicted molar refractivity (Wildman–Crippen MR) is 305 cm³/mol. The lowest BCUT2D eigenvalue weighted by Crippen LogP contribution is -2.60. The van der Waals surface area contributed by atoms with Crippen LogP contribution in [0.15, 0.2) is 72.2 Å². The number of nitrogens with two attached hydrogens (primary N) is 3. The number of fused-ring (bicyclic) bond motifs is 1. The Balaban J connectivity index is 1.17. The van der Waals surface area contributed by atoms with Crippen molar-refractivity contribution in [1.82, 2.24) is 67.7 Å². The Bertz CT molecular complexity index is 3060. The quantitative estimate of drug-likeness (QED) is 0.0129. The Hall–Kier alpha value is -9.61. The predicted octanol–water partition coefficient (Wildman–Crippen LogP) is -4.39. The molecule has 0 radical (unpaired) electrons. The summed E-state index contributed by atoms with van der Waals surface area (Å²) in [6, 6.07) is 2.34. The van der Waals surface area contributed by atoms with Gasteiger partial charge in [-0.05, 0) is 73.8 Å². The van der Waals surface area contributed by atoms with Gasteiger partial charge < -0.3 is 90.1 Å². The molecular formula is C55H75N17O13. The maximum absolute atomic E-state index is 14.5. The number of phenolic OH excluding ortho intramolecular Hbond substituents is 1. The van der Waals surface area contributed by atoms with E-state index in [1.54, 1.807) is 30.5 Å². The van der Waals surface area contributed by atoms with Gasteiger partial charge in [0.05, 0.1) is 26.0 Å². The summed E-state index contributed by atoms with van der Waals surface area (Å²) >= 11 is 0. The molecule has 2 aliphatic heterocycles. The number of amides is 11. The Kier molecular flexibility index (Phi) is 23.7. The molecule has 30 heteroatoms. The summed E-state index contributed by atoms with van der Waals surface area (Å²) < 4.78 is 0. The van der Waals surface area contributed by atoms with Crippen LogP contribution in [-0.2, 0) is 72.0 Å². The summed E-state index contributed by atoms with van der Waals surface area (Å²) in [6.07, 6.45) is 5.20. The zero-order valence-corrected chi connectivity index (χ0v) is 47.1. The number of hydrogen-bond acceptors (Lipinski definition) is 15. The lowest BCUT2D eigenvalue weighted by molar-refractivity contribution is -0.142. The third-order valence-electron chi connectivity index (χ3n) is 14.1. The van der Waals surface area contributed by atoms with Gasteiger partial charge in [-0.3, -0.25) is 57.7 Å². The van der Waals surface area contributed by atoms with Gasteiger partial charge in [-0.1, -0.05) is 44.2 Å². The monoisotopic (exact) mass is 1180 g/mol. The number of nitrogens with one attached hydrogen (secondary N) is 11. The highest BCUT2D eigenvalue weighted by Gasteiger charge is 2.39. The smallest absolute Gasteiger partial charge is 0.245 e. The minimum absolute atomic E-state index is 0.0479. The van der Waals surface area contributed by atoms with Crippen LogP contribution >= 0.6 is 0 Å². The van der Waals surface area contributed by atoms with Crippen molar-refractivity contribution in [3.63, 3.8) is 0 Å². The van der Waals surface area contributed by atoms with Crippen LogP contribution in [0, 0.1) is 5.92 Å². The zero-order valence-electron chi connectivity index (χ0n) is 47.1. The van der Waals surface area contributed by atoms with Crippen molar-refractivity contribution in [1.29, 1.82) is 0 Å². The van der Waals surface area contributed by atoms with Gasteiger partial charge in [0.1, 0.15) is 54.1 Å². The lowest BCUT2D eigenvalue weighted by atomic mass is 10.0. The SMILES string of the molecule is CC(C)C[C@H](NC(=O)[C@H](CCCN=C(N)N)NC(=O)CNC(=O)[C@H](Cc1ccc(O)cc1)NC(=O)[C@H](CO)NC(=O)[C@H](Cc1c[nH]c2ccccc12)NC(=O)[C@H](Cc1cnc[nH]1)NC(=O)[C@@H]1CCC(=O)N1)C(=O)N1CCC[C@H]1C(=O)NCC(N)=O. The van der Waals surface area contributed by atoms with E-state index < -0.39 is 127 Å². The molecule has 458 valence electrons. The number of likely N-dealkylation sites (tertiary alicyclic amines) is 1.